The Kier molecular flexibility index (Phi) is 10.1. The van der Waals surface area contributed by atoms with Crippen molar-refractivity contribution < 1.29 is 46.2 Å². The Morgan fingerprint density at radius 1 is 1.07 bits per heavy atom. The Morgan fingerprint density at radius 3 is 2.35 bits per heavy atom. The van der Waals surface area contributed by atoms with Crippen molar-refractivity contribution in [1.29, 1.82) is 0 Å². The number of hydrogen-bond acceptors (Lipinski definition) is 7. The second-order valence-electron chi connectivity index (χ2n) is 9.23. The van der Waals surface area contributed by atoms with Gasteiger partial charge in [-0.3, -0.25) is 14.9 Å². The number of nitrogens with one attached hydrogen (secondary N) is 3. The molecule has 0 aliphatic heterocycles. The number of anilines is 1. The van der Waals surface area contributed by atoms with Crippen LogP contribution in [0.4, 0.5) is 23.7 Å². The lowest BCUT2D eigenvalue weighted by atomic mass is 9.84. The van der Waals surface area contributed by atoms with Gasteiger partial charge in [0.1, 0.15) is 0 Å². The van der Waals surface area contributed by atoms with Crippen LogP contribution in [0.2, 0.25) is 0 Å². The molecule has 0 saturated heterocycles. The van der Waals surface area contributed by atoms with Gasteiger partial charge in [-0.05, 0) is 73.9 Å². The first-order valence-corrected chi connectivity index (χ1v) is 14.9. The lowest BCUT2D eigenvalue weighted by molar-refractivity contribution is -0.137. The second-order valence-corrected chi connectivity index (χ2v) is 12.1. The van der Waals surface area contributed by atoms with Crippen LogP contribution < -0.4 is 16.0 Å². The topological polar surface area (TPSA) is 162 Å². The van der Waals surface area contributed by atoms with Gasteiger partial charge in [0.15, 0.2) is 9.84 Å². The first kappa shape index (κ1) is 31.2. The van der Waals surface area contributed by atoms with Crippen molar-refractivity contribution in [2.75, 3.05) is 23.9 Å². The molecule has 3 atom stereocenters. The molecule has 3 rings (SSSR count). The minimum absolute atomic E-state index is 0.0750. The van der Waals surface area contributed by atoms with Crippen LogP contribution >= 0.6 is 11.8 Å². The van der Waals surface area contributed by atoms with Crippen LogP contribution in [0.1, 0.15) is 35.2 Å². The maximum absolute atomic E-state index is 13.1. The zero-order chi connectivity index (χ0) is 29.7. The van der Waals surface area contributed by atoms with E-state index in [-0.39, 0.29) is 17.1 Å². The zero-order valence-corrected chi connectivity index (χ0v) is 22.8. The summed E-state index contributed by atoms with van der Waals surface area (Å²) in [5.41, 5.74) is -2.25. The fourth-order valence-electron chi connectivity index (χ4n) is 4.39. The SMILES string of the molecule is CSc1ccc(S(=O)(=O)C[C@@H]2CC[C@H](O)C[C@@H]2NC(=O)CNC(=O)c2cc(C(F)(F)F)ccc2NC(=O)O)cc1. The van der Waals surface area contributed by atoms with E-state index in [0.29, 0.717) is 25.0 Å². The third-order valence-corrected chi connectivity index (χ3v) is 9.01. The van der Waals surface area contributed by atoms with E-state index in [1.807, 2.05) is 11.6 Å². The summed E-state index contributed by atoms with van der Waals surface area (Å²) in [6.45, 7) is -0.691. The number of thioether (sulfide) groups is 1. The average Bonchev–Trinajstić information content (AvgIpc) is 2.88. The number of carbonyl (C=O) groups excluding carboxylic acids is 2. The quantitative estimate of drug-likeness (QED) is 0.273. The first-order chi connectivity index (χ1) is 18.7. The standard InChI is InChI=1S/C25H28F3N3O7S2/c1-39-17-5-7-18(8-6-17)40(37,38)13-14-2-4-16(32)11-21(14)30-22(33)12-29-23(34)19-10-15(25(26,27)28)3-9-20(19)31-24(35)36/h3,5-10,14,16,21,31-32H,2,4,11-13H2,1H3,(H,29,34)(H,30,33)(H,35,36)/t14-,16-,21-/m0/s1. The fourth-order valence-corrected chi connectivity index (χ4v) is 6.51. The Morgan fingerprint density at radius 2 is 1.75 bits per heavy atom. The van der Waals surface area contributed by atoms with E-state index < -0.39 is 75.3 Å². The number of aliphatic hydroxyl groups is 1. The highest BCUT2D eigenvalue weighted by atomic mass is 32.2. The van der Waals surface area contributed by atoms with Crippen LogP contribution in [0.15, 0.2) is 52.3 Å². The first-order valence-electron chi connectivity index (χ1n) is 12.0. The van der Waals surface area contributed by atoms with E-state index in [0.717, 1.165) is 11.0 Å². The lowest BCUT2D eigenvalue weighted by Gasteiger charge is -2.34. The predicted octanol–water partition coefficient (Wildman–Crippen LogP) is 3.37. The van der Waals surface area contributed by atoms with Gasteiger partial charge in [0.25, 0.3) is 5.91 Å². The summed E-state index contributed by atoms with van der Waals surface area (Å²) in [7, 11) is -3.72. The number of sulfone groups is 1. The molecule has 10 nitrogen and oxygen atoms in total. The molecular weight excluding hydrogens is 575 g/mol. The highest BCUT2D eigenvalue weighted by Crippen LogP contribution is 2.32. The second kappa shape index (κ2) is 12.9. The molecule has 0 bridgehead atoms. The maximum atomic E-state index is 13.1. The van der Waals surface area contributed by atoms with Crippen molar-refractivity contribution in [3.63, 3.8) is 0 Å². The predicted molar refractivity (Wildman–Crippen MR) is 141 cm³/mol. The zero-order valence-electron chi connectivity index (χ0n) is 21.2. The number of carboxylic acid groups (broad SMARTS) is 1. The summed E-state index contributed by atoms with van der Waals surface area (Å²) >= 11 is 1.46. The number of aliphatic hydroxyl groups excluding tert-OH is 1. The average molecular weight is 604 g/mol. The Labute approximate surface area is 232 Å². The number of halogens is 3. The molecule has 5 N–H and O–H groups in total. The Hall–Kier alpha value is -3.30. The molecule has 0 spiro atoms. The van der Waals surface area contributed by atoms with E-state index in [1.54, 1.807) is 12.1 Å². The molecule has 218 valence electrons. The van der Waals surface area contributed by atoms with E-state index in [1.165, 1.54) is 23.9 Å². The molecule has 2 aromatic carbocycles. The normalized spacial score (nSPS) is 19.5. The van der Waals surface area contributed by atoms with Crippen molar-refractivity contribution in [3.05, 3.63) is 53.6 Å². The van der Waals surface area contributed by atoms with Crippen molar-refractivity contribution in [2.45, 2.75) is 47.4 Å². The van der Waals surface area contributed by atoms with E-state index in [9.17, 15) is 41.1 Å². The maximum Gasteiger partial charge on any atom is 0.416 e. The summed E-state index contributed by atoms with van der Waals surface area (Å²) in [6, 6.07) is 7.49. The molecule has 0 unspecified atom stereocenters. The Bertz CT molecular complexity index is 1350. The van der Waals surface area contributed by atoms with E-state index in [4.69, 9.17) is 5.11 Å². The minimum Gasteiger partial charge on any atom is -0.465 e. The molecule has 1 saturated carbocycles. The van der Waals surface area contributed by atoms with E-state index in [2.05, 4.69) is 10.6 Å². The van der Waals surface area contributed by atoms with Crippen molar-refractivity contribution in [2.24, 2.45) is 5.92 Å². The summed E-state index contributed by atoms with van der Waals surface area (Å²) in [5.74, 6) is -2.73. The minimum atomic E-state index is -4.80. The number of carbonyl (C=O) groups is 3. The van der Waals surface area contributed by atoms with Crippen molar-refractivity contribution in [3.8, 4) is 0 Å². The molecule has 2 aromatic rings. The molecule has 1 aliphatic rings. The van der Waals surface area contributed by atoms with Gasteiger partial charge in [-0.1, -0.05) is 0 Å². The Balaban J connectivity index is 1.69. The molecule has 15 heteroatoms. The van der Waals surface area contributed by atoms with Gasteiger partial charge in [-0.2, -0.15) is 13.2 Å². The molecule has 1 fully saturated rings. The monoisotopic (exact) mass is 603 g/mol. The van der Waals surface area contributed by atoms with Crippen LogP contribution in [0, 0.1) is 5.92 Å². The molecule has 0 heterocycles. The highest BCUT2D eigenvalue weighted by molar-refractivity contribution is 7.98. The summed E-state index contributed by atoms with van der Waals surface area (Å²) in [4.78, 5) is 37.3. The summed E-state index contributed by atoms with van der Waals surface area (Å²) in [5, 5.41) is 25.7. The number of hydrogen-bond donors (Lipinski definition) is 5. The number of benzene rings is 2. The third kappa shape index (κ3) is 8.35. The van der Waals surface area contributed by atoms with Gasteiger partial charge < -0.3 is 20.8 Å². The van der Waals surface area contributed by atoms with Gasteiger partial charge in [-0.15, -0.1) is 11.8 Å². The molecule has 0 radical (unpaired) electrons. The van der Waals surface area contributed by atoms with Gasteiger partial charge in [0.05, 0.1) is 40.1 Å². The number of rotatable bonds is 9. The molecule has 0 aromatic heterocycles. The van der Waals surface area contributed by atoms with Crippen LogP contribution in [0.5, 0.6) is 0 Å². The largest absolute Gasteiger partial charge is 0.465 e. The fraction of sp³-hybridized carbons (Fsp3) is 0.400. The molecule has 40 heavy (non-hydrogen) atoms. The van der Waals surface area contributed by atoms with E-state index >= 15 is 0 Å². The van der Waals surface area contributed by atoms with Crippen molar-refractivity contribution in [1.82, 2.24) is 10.6 Å². The van der Waals surface area contributed by atoms with Crippen LogP contribution in [0.3, 0.4) is 0 Å². The number of alkyl halides is 3. The molecular formula is C25H28F3N3O7S2. The van der Waals surface area contributed by atoms with Gasteiger partial charge in [0, 0.05) is 10.9 Å². The van der Waals surface area contributed by atoms with Crippen LogP contribution in [-0.2, 0) is 20.8 Å². The smallest absolute Gasteiger partial charge is 0.416 e. The van der Waals surface area contributed by atoms with Crippen LogP contribution in [0.25, 0.3) is 0 Å². The summed E-state index contributed by atoms with van der Waals surface area (Å²) < 4.78 is 65.4. The van der Waals surface area contributed by atoms with Gasteiger partial charge >= 0.3 is 12.3 Å². The van der Waals surface area contributed by atoms with Gasteiger partial charge in [0.2, 0.25) is 5.91 Å². The summed E-state index contributed by atoms with van der Waals surface area (Å²) in [6.07, 6.45) is -4.61. The molecule has 3 amide bonds. The lowest BCUT2D eigenvalue weighted by Crippen LogP contribution is -2.50. The van der Waals surface area contributed by atoms with Crippen molar-refractivity contribution >= 4 is 45.2 Å². The highest BCUT2D eigenvalue weighted by Gasteiger charge is 2.35. The van der Waals surface area contributed by atoms with Gasteiger partial charge in [-0.25, -0.2) is 13.2 Å². The molecule has 1 aliphatic carbocycles. The number of amides is 3. The van der Waals surface area contributed by atoms with Crippen LogP contribution in [-0.4, -0.2) is 67.2 Å². The third-order valence-electron chi connectivity index (χ3n) is 6.41.